The molecule has 37 heavy (non-hydrogen) atoms. The maximum atomic E-state index is 13.2. The lowest BCUT2D eigenvalue weighted by atomic mass is 9.94. The van der Waals surface area contributed by atoms with Crippen LogP contribution in [0.4, 0.5) is 9.80 Å². The first-order valence-corrected chi connectivity index (χ1v) is 14.4. The first kappa shape index (κ1) is 27.1. The van der Waals surface area contributed by atoms with Crippen LogP contribution >= 0.6 is 11.3 Å². The van der Waals surface area contributed by atoms with Crippen LogP contribution in [0.15, 0.2) is 29.2 Å². The molecule has 1 saturated heterocycles. The molecule has 2 N–H and O–H groups in total. The van der Waals surface area contributed by atoms with Gasteiger partial charge in [0.05, 0.1) is 24.1 Å². The number of carbonyl (C=O) groups excluding carboxylic acids is 3. The first-order chi connectivity index (χ1) is 17.5. The Balaban J connectivity index is 1.55. The van der Waals surface area contributed by atoms with Gasteiger partial charge >= 0.3 is 6.09 Å². The minimum Gasteiger partial charge on any atom is -0.453 e. The summed E-state index contributed by atoms with van der Waals surface area (Å²) in [6.07, 6.45) is 1.00. The van der Waals surface area contributed by atoms with E-state index in [2.05, 4.69) is 10.6 Å². The molecule has 0 radical (unpaired) electrons. The Hall–Kier alpha value is -2.96. The number of fused-ring (bicyclic) bond motifs is 1. The van der Waals surface area contributed by atoms with Crippen LogP contribution in [-0.2, 0) is 27.7 Å². The number of thiophene rings is 1. The number of anilines is 1. The van der Waals surface area contributed by atoms with Gasteiger partial charge < -0.3 is 20.3 Å². The standard InChI is InChI=1S/C25H32N4O6S2/c1-15-11-16(2)13-29(12-15)37(33,34)18-7-5-17(6-8-18)22(30)27-24-21(23(31)26-3)19-9-10-28(25(32)35-4)14-20(19)36-24/h5-8,15-16H,9-14H2,1-4H3,(H,26,31)(H,27,30). The molecule has 2 atom stereocenters. The number of rotatable bonds is 5. The minimum atomic E-state index is -3.66. The number of amides is 3. The molecule has 200 valence electrons. The van der Waals surface area contributed by atoms with Crippen molar-refractivity contribution in [1.29, 1.82) is 0 Å². The topological polar surface area (TPSA) is 125 Å². The van der Waals surface area contributed by atoms with Crippen molar-refractivity contribution in [3.63, 3.8) is 0 Å². The molecular weight excluding hydrogens is 516 g/mol. The fourth-order valence-electron chi connectivity index (χ4n) is 5.05. The summed E-state index contributed by atoms with van der Waals surface area (Å²) in [4.78, 5) is 40.2. The lowest BCUT2D eigenvalue weighted by Gasteiger charge is -2.34. The molecule has 2 aliphatic heterocycles. The predicted octanol–water partition coefficient (Wildman–Crippen LogP) is 3.15. The smallest absolute Gasteiger partial charge is 0.409 e. The average molecular weight is 549 g/mol. The van der Waals surface area contributed by atoms with Gasteiger partial charge in [0, 0.05) is 37.1 Å². The SMILES string of the molecule is CNC(=O)c1c(NC(=O)c2ccc(S(=O)(=O)N3CC(C)CC(C)C3)cc2)sc2c1CCN(C(=O)OC)C2. The largest absolute Gasteiger partial charge is 0.453 e. The van der Waals surface area contributed by atoms with Crippen molar-refractivity contribution in [3.8, 4) is 0 Å². The van der Waals surface area contributed by atoms with Crippen molar-refractivity contribution in [3.05, 3.63) is 45.8 Å². The molecule has 0 spiro atoms. The number of hydrogen-bond donors (Lipinski definition) is 2. The fraction of sp³-hybridized carbons (Fsp3) is 0.480. The maximum Gasteiger partial charge on any atom is 0.409 e. The average Bonchev–Trinajstić information content (AvgIpc) is 3.24. The minimum absolute atomic E-state index is 0.144. The fourth-order valence-corrected chi connectivity index (χ4v) is 7.98. The molecule has 0 aliphatic carbocycles. The Bertz CT molecular complexity index is 1300. The summed E-state index contributed by atoms with van der Waals surface area (Å²) >= 11 is 1.24. The normalized spacial score (nSPS) is 20.2. The van der Waals surface area contributed by atoms with Gasteiger partial charge in [0.2, 0.25) is 10.0 Å². The highest BCUT2D eigenvalue weighted by Gasteiger charge is 2.33. The molecule has 3 heterocycles. The van der Waals surface area contributed by atoms with Gasteiger partial charge in [0.15, 0.2) is 0 Å². The number of hydrogen-bond acceptors (Lipinski definition) is 7. The summed E-state index contributed by atoms with van der Waals surface area (Å²) in [6, 6.07) is 5.85. The van der Waals surface area contributed by atoms with E-state index in [1.54, 1.807) is 4.90 Å². The van der Waals surface area contributed by atoms with Crippen LogP contribution in [0.5, 0.6) is 0 Å². The van der Waals surface area contributed by atoms with Gasteiger partial charge in [-0.25, -0.2) is 13.2 Å². The van der Waals surface area contributed by atoms with Crippen LogP contribution in [0.1, 0.15) is 51.4 Å². The van der Waals surface area contributed by atoms with Gasteiger partial charge in [0.1, 0.15) is 5.00 Å². The third kappa shape index (κ3) is 5.51. The van der Waals surface area contributed by atoms with E-state index >= 15 is 0 Å². The highest BCUT2D eigenvalue weighted by molar-refractivity contribution is 7.89. The summed E-state index contributed by atoms with van der Waals surface area (Å²) in [7, 11) is -0.823. The summed E-state index contributed by atoms with van der Waals surface area (Å²) in [5.41, 5.74) is 1.45. The number of nitrogens with one attached hydrogen (secondary N) is 2. The number of nitrogens with zero attached hydrogens (tertiary/aromatic N) is 2. The Morgan fingerprint density at radius 2 is 1.70 bits per heavy atom. The van der Waals surface area contributed by atoms with Crippen molar-refractivity contribution in [1.82, 2.24) is 14.5 Å². The molecule has 3 amide bonds. The van der Waals surface area contributed by atoms with E-state index in [1.165, 1.54) is 54.1 Å². The molecule has 0 saturated carbocycles. The lowest BCUT2D eigenvalue weighted by molar-refractivity contribution is 0.0962. The van der Waals surface area contributed by atoms with Crippen molar-refractivity contribution >= 4 is 44.3 Å². The van der Waals surface area contributed by atoms with Crippen LogP contribution in [0.25, 0.3) is 0 Å². The molecule has 1 fully saturated rings. The second-order valence-electron chi connectivity index (χ2n) is 9.68. The highest BCUT2D eigenvalue weighted by Crippen LogP contribution is 2.37. The van der Waals surface area contributed by atoms with E-state index in [0.717, 1.165) is 16.9 Å². The molecule has 12 heteroatoms. The molecule has 2 aromatic rings. The number of methoxy groups -OCH3 is 1. The molecule has 4 rings (SSSR count). The monoisotopic (exact) mass is 548 g/mol. The van der Waals surface area contributed by atoms with E-state index in [-0.39, 0.29) is 34.7 Å². The van der Waals surface area contributed by atoms with E-state index < -0.39 is 22.0 Å². The van der Waals surface area contributed by atoms with Gasteiger partial charge in [0.25, 0.3) is 11.8 Å². The summed E-state index contributed by atoms with van der Waals surface area (Å²) < 4.78 is 32.6. The van der Waals surface area contributed by atoms with Gasteiger partial charge in [-0.1, -0.05) is 13.8 Å². The van der Waals surface area contributed by atoms with Gasteiger partial charge in [-0.15, -0.1) is 11.3 Å². The van der Waals surface area contributed by atoms with Crippen LogP contribution < -0.4 is 10.6 Å². The second kappa shape index (κ2) is 10.8. The van der Waals surface area contributed by atoms with Crippen LogP contribution in [-0.4, -0.2) is 69.3 Å². The summed E-state index contributed by atoms with van der Waals surface area (Å²) in [6.45, 7) is 5.74. The third-order valence-corrected chi connectivity index (χ3v) is 9.74. The number of piperidine rings is 1. The molecule has 2 unspecified atom stereocenters. The number of carbonyl (C=O) groups is 3. The van der Waals surface area contributed by atoms with Gasteiger partial charge in [-0.05, 0) is 54.5 Å². The van der Waals surface area contributed by atoms with Crippen molar-refractivity contribution < 1.29 is 27.5 Å². The number of ether oxygens (including phenoxy) is 1. The van der Waals surface area contributed by atoms with Crippen molar-refractivity contribution in [2.45, 2.75) is 38.1 Å². The van der Waals surface area contributed by atoms with Crippen molar-refractivity contribution in [2.75, 3.05) is 39.1 Å². The zero-order chi connectivity index (χ0) is 26.9. The molecule has 1 aromatic heterocycles. The van der Waals surface area contributed by atoms with Crippen LogP contribution in [0.2, 0.25) is 0 Å². The predicted molar refractivity (Wildman–Crippen MR) is 140 cm³/mol. The first-order valence-electron chi connectivity index (χ1n) is 12.2. The Labute approximate surface area is 221 Å². The van der Waals surface area contributed by atoms with Crippen LogP contribution in [0, 0.1) is 11.8 Å². The van der Waals surface area contributed by atoms with Crippen LogP contribution in [0.3, 0.4) is 0 Å². The zero-order valence-corrected chi connectivity index (χ0v) is 23.0. The number of benzene rings is 1. The van der Waals surface area contributed by atoms with Gasteiger partial charge in [-0.2, -0.15) is 4.31 Å². The van der Waals surface area contributed by atoms with E-state index in [4.69, 9.17) is 4.74 Å². The van der Waals surface area contributed by atoms with E-state index in [0.29, 0.717) is 36.6 Å². The second-order valence-corrected chi connectivity index (χ2v) is 12.7. The zero-order valence-electron chi connectivity index (χ0n) is 21.4. The molecular formula is C25H32N4O6S2. The lowest BCUT2D eigenvalue weighted by Crippen LogP contribution is -2.42. The molecule has 2 aliphatic rings. The Morgan fingerprint density at radius 1 is 1.05 bits per heavy atom. The maximum absolute atomic E-state index is 13.2. The number of sulfonamides is 1. The molecule has 10 nitrogen and oxygen atoms in total. The van der Waals surface area contributed by atoms with Crippen molar-refractivity contribution in [2.24, 2.45) is 11.8 Å². The Kier molecular flexibility index (Phi) is 7.91. The summed E-state index contributed by atoms with van der Waals surface area (Å²) in [5.74, 6) is -0.215. The highest BCUT2D eigenvalue weighted by atomic mass is 32.2. The Morgan fingerprint density at radius 3 is 2.30 bits per heavy atom. The third-order valence-electron chi connectivity index (χ3n) is 6.76. The quantitative estimate of drug-likeness (QED) is 0.591. The molecule has 0 bridgehead atoms. The van der Waals surface area contributed by atoms with E-state index in [9.17, 15) is 22.8 Å². The van der Waals surface area contributed by atoms with Gasteiger partial charge in [-0.3, -0.25) is 9.59 Å². The molecule has 1 aromatic carbocycles. The van der Waals surface area contributed by atoms with E-state index in [1.807, 2.05) is 13.8 Å². The summed E-state index contributed by atoms with van der Waals surface area (Å²) in [5, 5.41) is 5.82.